The van der Waals surface area contributed by atoms with Gasteiger partial charge in [-0.1, -0.05) is 27.2 Å². The molecule has 0 bridgehead atoms. The quantitative estimate of drug-likeness (QED) is 0.825. The maximum absolute atomic E-state index is 11.6. The summed E-state index contributed by atoms with van der Waals surface area (Å²) in [5.41, 5.74) is 4.50. The highest BCUT2D eigenvalue weighted by Crippen LogP contribution is 2.26. The van der Waals surface area contributed by atoms with Crippen molar-refractivity contribution in [3.05, 3.63) is 0 Å². The Hall–Kier alpha value is -1.10. The molecule has 2 unspecified atom stereocenters. The molecule has 0 aromatic carbocycles. The van der Waals surface area contributed by atoms with Crippen molar-refractivity contribution >= 4 is 11.9 Å². The Morgan fingerprint density at radius 1 is 1.37 bits per heavy atom. The standard InChI is InChI=1S/C11H21NO.C2H4O2.CH5N/c1-4-9(3)10-7-6-8-12(10)11(13)5-2;1-2(3)4;1-2/h9-10H,4-8H2,1-3H3;1H3,(H,3,4);2H2,1H3. The summed E-state index contributed by atoms with van der Waals surface area (Å²) >= 11 is 0. The van der Waals surface area contributed by atoms with Crippen molar-refractivity contribution in [1.82, 2.24) is 4.90 Å². The molecule has 3 N–H and O–H groups in total. The van der Waals surface area contributed by atoms with Crippen LogP contribution in [0.15, 0.2) is 0 Å². The second-order valence-electron chi connectivity index (χ2n) is 4.55. The molecule has 0 radical (unpaired) electrons. The third-order valence-corrected chi connectivity index (χ3v) is 3.22. The van der Waals surface area contributed by atoms with Crippen LogP contribution in [0.1, 0.15) is 53.4 Å². The number of carboxylic acids is 1. The molecule has 2 atom stereocenters. The second-order valence-corrected chi connectivity index (χ2v) is 4.55. The van der Waals surface area contributed by atoms with Crippen molar-refractivity contribution in [3.63, 3.8) is 0 Å². The van der Waals surface area contributed by atoms with Crippen LogP contribution in [-0.4, -0.2) is 41.5 Å². The zero-order valence-corrected chi connectivity index (χ0v) is 13.0. The summed E-state index contributed by atoms with van der Waals surface area (Å²) in [6.45, 7) is 8.49. The first-order valence-corrected chi connectivity index (χ1v) is 7.00. The molecule has 1 fully saturated rings. The smallest absolute Gasteiger partial charge is 0.300 e. The van der Waals surface area contributed by atoms with Gasteiger partial charge in [-0.15, -0.1) is 0 Å². The lowest BCUT2D eigenvalue weighted by atomic mass is 9.97. The van der Waals surface area contributed by atoms with Gasteiger partial charge in [0, 0.05) is 25.9 Å². The Morgan fingerprint density at radius 3 is 2.21 bits per heavy atom. The average molecular weight is 274 g/mol. The lowest BCUT2D eigenvalue weighted by Crippen LogP contribution is -2.38. The van der Waals surface area contributed by atoms with Gasteiger partial charge in [0.05, 0.1) is 0 Å². The number of hydrogen-bond donors (Lipinski definition) is 2. The number of hydrogen-bond acceptors (Lipinski definition) is 3. The minimum atomic E-state index is -0.833. The first-order chi connectivity index (χ1) is 8.93. The van der Waals surface area contributed by atoms with Crippen molar-refractivity contribution in [2.75, 3.05) is 13.6 Å². The van der Waals surface area contributed by atoms with Crippen LogP contribution in [0.25, 0.3) is 0 Å². The van der Waals surface area contributed by atoms with Crippen LogP contribution in [0.3, 0.4) is 0 Å². The fourth-order valence-corrected chi connectivity index (χ4v) is 2.17. The van der Waals surface area contributed by atoms with E-state index in [1.165, 1.54) is 26.3 Å². The Balaban J connectivity index is 0. The van der Waals surface area contributed by atoms with Crippen LogP contribution >= 0.6 is 0 Å². The Morgan fingerprint density at radius 2 is 1.84 bits per heavy atom. The van der Waals surface area contributed by atoms with E-state index in [2.05, 4.69) is 24.5 Å². The maximum Gasteiger partial charge on any atom is 0.300 e. The Labute approximate surface area is 117 Å². The van der Waals surface area contributed by atoms with E-state index in [4.69, 9.17) is 9.90 Å². The Kier molecular flexibility index (Phi) is 12.7. The number of likely N-dealkylation sites (tertiary alicyclic amines) is 1. The van der Waals surface area contributed by atoms with Crippen LogP contribution < -0.4 is 5.73 Å². The molecule has 1 aliphatic rings. The SMILES string of the molecule is CC(=O)O.CCC(=O)N1CCCC1C(C)CC.CN. The molecule has 5 nitrogen and oxygen atoms in total. The number of aliphatic carboxylic acids is 1. The molecule has 19 heavy (non-hydrogen) atoms. The van der Waals surface area contributed by atoms with Crippen LogP contribution in [0.2, 0.25) is 0 Å². The van der Waals surface area contributed by atoms with Crippen LogP contribution in [0.5, 0.6) is 0 Å². The average Bonchev–Trinajstić information content (AvgIpc) is 2.87. The molecule has 0 saturated carbocycles. The van der Waals surface area contributed by atoms with E-state index in [0.29, 0.717) is 24.3 Å². The molecule has 1 saturated heterocycles. The van der Waals surface area contributed by atoms with E-state index in [0.717, 1.165) is 13.5 Å². The fourth-order valence-electron chi connectivity index (χ4n) is 2.17. The van der Waals surface area contributed by atoms with Crippen molar-refractivity contribution in [1.29, 1.82) is 0 Å². The molecule has 114 valence electrons. The molecule has 1 heterocycles. The zero-order chi connectivity index (χ0) is 15.4. The predicted molar refractivity (Wildman–Crippen MR) is 77.9 cm³/mol. The number of nitrogens with two attached hydrogens (primary N) is 1. The van der Waals surface area contributed by atoms with E-state index < -0.39 is 5.97 Å². The molecular weight excluding hydrogens is 244 g/mol. The third kappa shape index (κ3) is 8.59. The highest BCUT2D eigenvalue weighted by molar-refractivity contribution is 5.76. The molecule has 5 heteroatoms. The van der Waals surface area contributed by atoms with Crippen LogP contribution in [0.4, 0.5) is 0 Å². The summed E-state index contributed by atoms with van der Waals surface area (Å²) in [5, 5.41) is 7.42. The summed E-state index contributed by atoms with van der Waals surface area (Å²) in [4.78, 5) is 22.7. The third-order valence-electron chi connectivity index (χ3n) is 3.22. The minimum absolute atomic E-state index is 0.336. The summed E-state index contributed by atoms with van der Waals surface area (Å²) in [7, 11) is 1.50. The van der Waals surface area contributed by atoms with Gasteiger partial charge in [0.1, 0.15) is 0 Å². The van der Waals surface area contributed by atoms with Gasteiger partial charge in [0.2, 0.25) is 5.91 Å². The van der Waals surface area contributed by atoms with Crippen LogP contribution in [-0.2, 0) is 9.59 Å². The van der Waals surface area contributed by atoms with Crippen molar-refractivity contribution < 1.29 is 14.7 Å². The highest BCUT2D eigenvalue weighted by atomic mass is 16.4. The van der Waals surface area contributed by atoms with Gasteiger partial charge in [-0.25, -0.2) is 0 Å². The van der Waals surface area contributed by atoms with Crippen molar-refractivity contribution in [2.24, 2.45) is 11.7 Å². The number of nitrogens with zero attached hydrogens (tertiary/aromatic N) is 1. The van der Waals surface area contributed by atoms with E-state index in [1.807, 2.05) is 6.92 Å². The first-order valence-electron chi connectivity index (χ1n) is 7.00. The number of carbonyl (C=O) groups excluding carboxylic acids is 1. The van der Waals surface area contributed by atoms with E-state index in [9.17, 15) is 4.79 Å². The molecule has 0 aliphatic carbocycles. The van der Waals surface area contributed by atoms with Gasteiger partial charge in [-0.3, -0.25) is 9.59 Å². The first kappa shape index (κ1) is 20.2. The molecule has 1 rings (SSSR count). The van der Waals surface area contributed by atoms with Gasteiger partial charge in [-0.05, 0) is 25.8 Å². The highest BCUT2D eigenvalue weighted by Gasteiger charge is 2.30. The van der Waals surface area contributed by atoms with Gasteiger partial charge < -0.3 is 15.7 Å². The number of carboxylic acid groups (broad SMARTS) is 1. The molecule has 1 aliphatic heterocycles. The molecule has 0 aromatic heterocycles. The lowest BCUT2D eigenvalue weighted by molar-refractivity contribution is -0.134. The van der Waals surface area contributed by atoms with Crippen molar-refractivity contribution in [2.45, 2.75) is 59.4 Å². The predicted octanol–water partition coefficient (Wildman–Crippen LogP) is 2.10. The van der Waals surface area contributed by atoms with Gasteiger partial charge in [-0.2, -0.15) is 0 Å². The number of amides is 1. The molecular formula is C14H30N2O3. The van der Waals surface area contributed by atoms with Gasteiger partial charge in [0.25, 0.3) is 5.97 Å². The fraction of sp³-hybridized carbons (Fsp3) is 0.857. The zero-order valence-electron chi connectivity index (χ0n) is 13.0. The van der Waals surface area contributed by atoms with Gasteiger partial charge in [0.15, 0.2) is 0 Å². The summed E-state index contributed by atoms with van der Waals surface area (Å²) in [6.07, 6.45) is 4.24. The summed E-state index contributed by atoms with van der Waals surface area (Å²) in [6, 6.07) is 0.525. The number of carbonyl (C=O) groups is 2. The van der Waals surface area contributed by atoms with E-state index in [1.54, 1.807) is 0 Å². The largest absolute Gasteiger partial charge is 0.481 e. The monoisotopic (exact) mass is 274 g/mol. The topological polar surface area (TPSA) is 83.6 Å². The van der Waals surface area contributed by atoms with Gasteiger partial charge >= 0.3 is 0 Å². The molecule has 0 aromatic rings. The normalized spacial score (nSPS) is 18.6. The minimum Gasteiger partial charge on any atom is -0.481 e. The Bertz CT molecular complexity index is 253. The molecule has 1 amide bonds. The summed E-state index contributed by atoms with van der Waals surface area (Å²) in [5.74, 6) is 0.167. The maximum atomic E-state index is 11.6. The second kappa shape index (κ2) is 12.0. The lowest BCUT2D eigenvalue weighted by Gasteiger charge is -2.28. The summed E-state index contributed by atoms with van der Waals surface area (Å²) < 4.78 is 0. The number of rotatable bonds is 3. The van der Waals surface area contributed by atoms with E-state index >= 15 is 0 Å². The van der Waals surface area contributed by atoms with Crippen molar-refractivity contribution in [3.8, 4) is 0 Å². The van der Waals surface area contributed by atoms with E-state index in [-0.39, 0.29) is 0 Å². The van der Waals surface area contributed by atoms with Crippen LogP contribution in [0, 0.1) is 5.92 Å². The molecule has 0 spiro atoms.